The van der Waals surface area contributed by atoms with Gasteiger partial charge in [0.25, 0.3) is 0 Å². The summed E-state index contributed by atoms with van der Waals surface area (Å²) < 4.78 is 188. The average Bonchev–Trinajstić information content (AvgIpc) is 0.721. The van der Waals surface area contributed by atoms with E-state index in [-0.39, 0.29) is 0 Å². The topological polar surface area (TPSA) is 25.3 Å². The number of halogens is 16. The van der Waals surface area contributed by atoms with Crippen LogP contribution in [0.3, 0.4) is 0 Å². The van der Waals surface area contributed by atoms with Gasteiger partial charge in [-0.3, -0.25) is 0 Å². The molecule has 0 atom stereocenters. The summed E-state index contributed by atoms with van der Waals surface area (Å²) in [5.41, 5.74) is -5.43. The number of hydrogen-bond acceptors (Lipinski definition) is 6. The monoisotopic (exact) mass is 1650 g/mol. The van der Waals surface area contributed by atoms with Crippen molar-refractivity contribution in [2.75, 3.05) is 19.6 Å². The van der Waals surface area contributed by atoms with Crippen LogP contribution in [0.25, 0.3) is 0 Å². The van der Waals surface area contributed by atoms with Gasteiger partial charge in [-0.05, 0) is 216 Å². The fourth-order valence-corrected chi connectivity index (χ4v) is 12.9. The Morgan fingerprint density at radius 2 is 0.337 bits per heavy atom. The molecule has 0 aliphatic heterocycles. The van der Waals surface area contributed by atoms with Crippen LogP contribution in [0.2, 0.25) is 0 Å². The summed E-state index contributed by atoms with van der Waals surface area (Å²) in [6, 6.07) is 82.6. The summed E-state index contributed by atoms with van der Waals surface area (Å²) in [4.78, 5) is 7.03. The second-order valence-corrected chi connectivity index (χ2v) is 26.3. The summed E-state index contributed by atoms with van der Waals surface area (Å²) in [5, 5.41) is 0. The number of anilines is 12. The molecule has 0 heterocycles. The maximum atomic E-state index is 15.2. The Bertz CT molecular complexity index is 4160. The van der Waals surface area contributed by atoms with E-state index in [1.807, 2.05) is 72.8 Å². The van der Waals surface area contributed by atoms with Gasteiger partial charge in [0, 0.05) is 86.1 Å². The Morgan fingerprint density at radius 3 is 0.465 bits per heavy atom. The third-order valence-electron chi connectivity index (χ3n) is 16.3. The number of rotatable bonds is 16. The fourth-order valence-electron chi connectivity index (χ4n) is 11.9. The van der Waals surface area contributed by atoms with Gasteiger partial charge in [-0.2, -0.15) is 52.7 Å². The molecule has 5 nitrogen and oxygen atoms in total. The molecule has 0 fully saturated rings. The van der Waals surface area contributed by atoms with E-state index in [1.54, 1.807) is 165 Å². The molecule has 0 bridgehead atoms. The maximum absolute atomic E-state index is 15.2. The first-order valence-electron chi connectivity index (χ1n) is 30.4. The molecule has 0 aliphatic carbocycles. The minimum absolute atomic E-state index is 0.372. The third kappa shape index (κ3) is 16.2. The van der Waals surface area contributed by atoms with Gasteiger partial charge in [0.1, 0.15) is 0 Å². The first kappa shape index (κ1) is 74.8. The molecule has 12 aromatic carbocycles. The minimum atomic E-state index is -5.75. The molecule has 511 valence electrons. The van der Waals surface area contributed by atoms with Gasteiger partial charge >= 0.3 is 49.5 Å². The molecule has 101 heavy (non-hydrogen) atoms. The number of alkyl halides is 12. The normalized spacial score (nSPS) is 11.8. The SMILES string of the molecule is FC(F)(F)C(c1ccc(N(c2ccc(Br)cc2)c2ccc(Br)cc2)cc1)(c1ccc(N(c2ccc(Br)cc2)c2ccc(Br)cc2)cc1)C(F)(F)F.FC(F)(F)C(c1ccc(N(c2ccccc2)c2ccccc2)cc1)(c1ccc(N(c2ccccc2)c2ccccc2)cc1)C(F)(F)F.[B]=NS. The number of thiol groups is 1. The van der Waals surface area contributed by atoms with Crippen LogP contribution in [0, 0.1) is 0 Å². The number of nitrogens with zero attached hydrogens (tertiary/aromatic N) is 5. The van der Waals surface area contributed by atoms with E-state index in [0.29, 0.717) is 68.2 Å². The molecule has 0 aromatic heterocycles. The van der Waals surface area contributed by atoms with Crippen molar-refractivity contribution >= 4 is 152 Å². The van der Waals surface area contributed by atoms with E-state index in [1.165, 1.54) is 48.5 Å². The van der Waals surface area contributed by atoms with Crippen LogP contribution in [-0.2, 0) is 10.8 Å². The standard InChI is InChI=1S/C39H24Br4F6N2.C39H28F6N2.BHNS/c40-27-5-17-33(18-6-27)50(34-19-7-28(41)8-20-34)31-13-1-25(2-14-31)37(38(44,45)46,39(47,48)49)26-3-15-32(16-4-26)51(35-21-9-29(42)10-22-35)36-23-11-30(43)12-24-36;40-38(41,42)37(39(43,44)45,29-21-25-35(26-22-29)46(31-13-5-1-6-14-31)32-15-7-2-8-16-32)30-23-27-36(28-24-30)47(33-17-9-3-10-18-33)34-19-11-4-12-20-34;1-2-3/h1-24H;1-28H;3H. The van der Waals surface area contributed by atoms with Crippen molar-refractivity contribution in [1.82, 2.24) is 0 Å². The van der Waals surface area contributed by atoms with Crippen LogP contribution in [0.4, 0.5) is 121 Å². The second-order valence-electron chi connectivity index (χ2n) is 22.4. The molecule has 0 aliphatic rings. The van der Waals surface area contributed by atoms with Crippen LogP contribution in [0.1, 0.15) is 22.3 Å². The molecule has 0 saturated heterocycles. The van der Waals surface area contributed by atoms with Crippen LogP contribution in [0.15, 0.2) is 338 Å². The number of para-hydroxylation sites is 4. The zero-order valence-electron chi connectivity index (χ0n) is 52.3. The van der Waals surface area contributed by atoms with Crippen LogP contribution >= 0.6 is 76.5 Å². The van der Waals surface area contributed by atoms with Gasteiger partial charge in [-0.1, -0.05) is 185 Å². The second kappa shape index (κ2) is 32.0. The van der Waals surface area contributed by atoms with E-state index in [2.05, 4.69) is 88.5 Å². The summed E-state index contributed by atoms with van der Waals surface area (Å²) in [6.45, 7) is 0. The van der Waals surface area contributed by atoms with Crippen molar-refractivity contribution in [2.24, 2.45) is 4.30 Å². The first-order valence-corrected chi connectivity index (χ1v) is 34.0. The van der Waals surface area contributed by atoms with Crippen molar-refractivity contribution in [1.29, 1.82) is 0 Å². The van der Waals surface area contributed by atoms with E-state index in [0.717, 1.165) is 66.4 Å². The third-order valence-corrected chi connectivity index (χ3v) is 18.4. The molecule has 23 heteroatoms. The number of benzene rings is 12. The first-order chi connectivity index (χ1) is 48.2. The van der Waals surface area contributed by atoms with Crippen molar-refractivity contribution in [2.45, 2.75) is 35.5 Å². The molecule has 1 radical (unpaired) electrons. The van der Waals surface area contributed by atoms with Gasteiger partial charge < -0.3 is 19.6 Å². The molecule has 12 rings (SSSR count). The predicted octanol–water partition coefficient (Wildman–Crippen LogP) is 27.3. The molecule has 0 amide bonds. The van der Waals surface area contributed by atoms with Gasteiger partial charge in [0.2, 0.25) is 10.8 Å². The van der Waals surface area contributed by atoms with Crippen LogP contribution in [0.5, 0.6) is 0 Å². The molecule has 0 spiro atoms. The average molecular weight is 1650 g/mol. The van der Waals surface area contributed by atoms with Gasteiger partial charge in [-0.25, -0.2) is 0 Å². The fraction of sp³-hybridized carbons (Fsp3) is 0.0769. The Kier molecular flexibility index (Phi) is 23.7. The Morgan fingerprint density at radius 1 is 0.218 bits per heavy atom. The Labute approximate surface area is 615 Å². The van der Waals surface area contributed by atoms with Gasteiger partial charge in [0.05, 0.1) is 0 Å². The van der Waals surface area contributed by atoms with Crippen molar-refractivity contribution < 1.29 is 52.7 Å². The van der Waals surface area contributed by atoms with Crippen molar-refractivity contribution in [3.8, 4) is 0 Å². The van der Waals surface area contributed by atoms with Crippen LogP contribution in [-0.4, -0.2) is 32.3 Å². The van der Waals surface area contributed by atoms with E-state index in [4.69, 9.17) is 0 Å². The summed E-state index contributed by atoms with van der Waals surface area (Å²) in [5.74, 6) is 0. The zero-order chi connectivity index (χ0) is 72.3. The Balaban J connectivity index is 0.000000210. The molecule has 0 saturated carbocycles. The molecule has 0 unspecified atom stereocenters. The van der Waals surface area contributed by atoms with Gasteiger partial charge in [0.15, 0.2) is 0 Å². The van der Waals surface area contributed by atoms with E-state index in [9.17, 15) is 0 Å². The van der Waals surface area contributed by atoms with E-state index >= 15 is 52.7 Å². The van der Waals surface area contributed by atoms with Crippen LogP contribution < -0.4 is 19.6 Å². The van der Waals surface area contributed by atoms with Crippen molar-refractivity contribution in [3.63, 3.8) is 0 Å². The number of hydrogen-bond donors (Lipinski definition) is 1. The van der Waals surface area contributed by atoms with Gasteiger partial charge in [-0.15, -0.1) is 0 Å². The summed E-state index contributed by atoms with van der Waals surface area (Å²) in [7, 11) is 4.34. The van der Waals surface area contributed by atoms with Crippen molar-refractivity contribution in [3.05, 3.63) is 356 Å². The summed E-state index contributed by atoms with van der Waals surface area (Å²) in [6.07, 6.45) is -22.9. The molecular formula is C78H53BBr4F12N5S. The molecule has 0 N–H and O–H groups in total. The van der Waals surface area contributed by atoms with E-state index < -0.39 is 57.8 Å². The predicted molar refractivity (Wildman–Crippen MR) is 398 cm³/mol. The quantitative estimate of drug-likeness (QED) is 0.0592. The zero-order valence-corrected chi connectivity index (χ0v) is 59.6. The summed E-state index contributed by atoms with van der Waals surface area (Å²) >= 11 is 16.8. The molecule has 12 aromatic rings. The molecular weight excluding hydrogens is 1600 g/mol. The Hall–Kier alpha value is -8.87.